The molecule has 0 fully saturated rings. The van der Waals surface area contributed by atoms with Gasteiger partial charge in [0.05, 0.1) is 24.5 Å². The molecule has 7 heteroatoms. The monoisotopic (exact) mass is 395 g/mol. The van der Waals surface area contributed by atoms with Crippen molar-refractivity contribution in [1.82, 2.24) is 0 Å². The first-order valence-electron chi connectivity index (χ1n) is 9.26. The molecule has 2 aromatic carbocycles. The fourth-order valence-electron chi connectivity index (χ4n) is 3.49. The molecule has 1 aliphatic heterocycles. The van der Waals surface area contributed by atoms with Crippen molar-refractivity contribution < 1.29 is 23.4 Å². The largest absolute Gasteiger partial charge is 0.496 e. The van der Waals surface area contributed by atoms with E-state index in [1.54, 1.807) is 38.3 Å². The fraction of sp³-hybridized carbons (Fsp3) is 0.273. The number of anilines is 1. The van der Waals surface area contributed by atoms with Crippen molar-refractivity contribution in [1.29, 1.82) is 0 Å². The predicted octanol–water partition coefficient (Wildman–Crippen LogP) is 3.37. The number of aryl methyl sites for hydroxylation is 2. The summed E-state index contributed by atoms with van der Waals surface area (Å²) in [7, 11) is 1.56. The third kappa shape index (κ3) is 3.63. The highest BCUT2D eigenvalue weighted by Gasteiger charge is 2.19. The van der Waals surface area contributed by atoms with E-state index in [0.717, 1.165) is 5.56 Å². The minimum atomic E-state index is -0.528. The minimum Gasteiger partial charge on any atom is -0.496 e. The molecule has 0 saturated heterocycles. The van der Waals surface area contributed by atoms with Crippen LogP contribution in [0.1, 0.15) is 16.7 Å². The number of carbonyl (C=O) groups excluding carboxylic acids is 1. The molecule has 29 heavy (non-hydrogen) atoms. The molecular weight excluding hydrogens is 374 g/mol. The number of carbonyl (C=O) groups is 1. The molecule has 4 rings (SSSR count). The van der Waals surface area contributed by atoms with Crippen molar-refractivity contribution in [3.8, 4) is 17.2 Å². The summed E-state index contributed by atoms with van der Waals surface area (Å²) in [4.78, 5) is 25.1. The van der Waals surface area contributed by atoms with Gasteiger partial charge < -0.3 is 23.9 Å². The highest BCUT2D eigenvalue weighted by molar-refractivity contribution is 5.94. The van der Waals surface area contributed by atoms with Crippen molar-refractivity contribution >= 4 is 22.6 Å². The van der Waals surface area contributed by atoms with Crippen LogP contribution < -0.4 is 25.2 Å². The van der Waals surface area contributed by atoms with Crippen molar-refractivity contribution in [2.45, 2.75) is 20.3 Å². The summed E-state index contributed by atoms with van der Waals surface area (Å²) in [5, 5.41) is 3.49. The van der Waals surface area contributed by atoms with Crippen LogP contribution in [0.4, 0.5) is 5.69 Å². The van der Waals surface area contributed by atoms with Gasteiger partial charge in [-0.2, -0.15) is 0 Å². The lowest BCUT2D eigenvalue weighted by molar-refractivity contribution is -0.115. The number of rotatable bonds is 4. The Kier molecular flexibility index (Phi) is 4.88. The maximum atomic E-state index is 12.6. The number of fused-ring (bicyclic) bond motifs is 2. The molecule has 7 nitrogen and oxygen atoms in total. The molecule has 0 aliphatic carbocycles. The predicted molar refractivity (Wildman–Crippen MR) is 108 cm³/mol. The summed E-state index contributed by atoms with van der Waals surface area (Å²) in [5.41, 5.74) is 2.37. The van der Waals surface area contributed by atoms with Gasteiger partial charge in [0.2, 0.25) is 5.91 Å². The van der Waals surface area contributed by atoms with E-state index in [0.29, 0.717) is 58.2 Å². The molecule has 0 spiro atoms. The van der Waals surface area contributed by atoms with E-state index in [1.807, 2.05) is 13.0 Å². The molecule has 150 valence electrons. The number of hydrogen-bond acceptors (Lipinski definition) is 6. The summed E-state index contributed by atoms with van der Waals surface area (Å²) < 4.78 is 21.9. The minimum absolute atomic E-state index is 0.115. The summed E-state index contributed by atoms with van der Waals surface area (Å²) in [6.45, 7) is 4.65. The van der Waals surface area contributed by atoms with Crippen LogP contribution in [0.25, 0.3) is 11.0 Å². The molecule has 0 saturated carbocycles. The van der Waals surface area contributed by atoms with Crippen LogP contribution in [-0.2, 0) is 11.2 Å². The zero-order valence-electron chi connectivity index (χ0n) is 16.5. The lowest BCUT2D eigenvalue weighted by Crippen LogP contribution is -2.21. The lowest BCUT2D eigenvalue weighted by atomic mass is 10.0. The summed E-state index contributed by atoms with van der Waals surface area (Å²) in [5.74, 6) is 1.50. The summed E-state index contributed by atoms with van der Waals surface area (Å²) in [6.07, 6.45) is -0.115. The van der Waals surface area contributed by atoms with Crippen LogP contribution in [0.2, 0.25) is 0 Å². The van der Waals surface area contributed by atoms with Crippen LogP contribution in [0.15, 0.2) is 39.5 Å². The van der Waals surface area contributed by atoms with Gasteiger partial charge in [-0.15, -0.1) is 0 Å². The van der Waals surface area contributed by atoms with E-state index in [9.17, 15) is 9.59 Å². The van der Waals surface area contributed by atoms with E-state index < -0.39 is 5.63 Å². The number of nitrogens with one attached hydrogen (secondary N) is 1. The van der Waals surface area contributed by atoms with Gasteiger partial charge in [-0.3, -0.25) is 4.79 Å². The Morgan fingerprint density at radius 3 is 2.62 bits per heavy atom. The third-order valence-electron chi connectivity index (χ3n) is 4.87. The van der Waals surface area contributed by atoms with Gasteiger partial charge in [0, 0.05) is 11.8 Å². The summed E-state index contributed by atoms with van der Waals surface area (Å²) in [6, 6.07) is 8.83. The van der Waals surface area contributed by atoms with E-state index in [-0.39, 0.29) is 12.3 Å². The molecule has 0 radical (unpaired) electrons. The fourth-order valence-corrected chi connectivity index (χ4v) is 3.49. The van der Waals surface area contributed by atoms with E-state index in [2.05, 4.69) is 5.32 Å². The second kappa shape index (κ2) is 7.50. The molecule has 0 atom stereocenters. The van der Waals surface area contributed by atoms with E-state index in [1.165, 1.54) is 0 Å². The molecule has 3 aromatic rings. The first-order chi connectivity index (χ1) is 14.0. The lowest BCUT2D eigenvalue weighted by Gasteiger charge is -2.19. The smallest absolute Gasteiger partial charge is 0.340 e. The molecule has 0 unspecified atom stereocenters. The number of benzene rings is 2. The van der Waals surface area contributed by atoms with Gasteiger partial charge in [0.1, 0.15) is 24.5 Å². The SMILES string of the molecule is COc1cc(C)cc2oc(=O)c(CC(=O)Nc3ccc4c(c3)OCCO4)c(C)c12. The zero-order valence-corrected chi connectivity index (χ0v) is 16.5. The van der Waals surface area contributed by atoms with Gasteiger partial charge in [-0.1, -0.05) is 0 Å². The molecule has 2 heterocycles. The van der Waals surface area contributed by atoms with E-state index in [4.69, 9.17) is 18.6 Å². The molecular formula is C22H21NO6. The molecule has 1 amide bonds. The van der Waals surface area contributed by atoms with Gasteiger partial charge in [0.25, 0.3) is 0 Å². The van der Waals surface area contributed by atoms with Crippen molar-refractivity contribution in [3.63, 3.8) is 0 Å². The van der Waals surface area contributed by atoms with Gasteiger partial charge in [0.15, 0.2) is 11.5 Å². The Morgan fingerprint density at radius 1 is 1.10 bits per heavy atom. The quantitative estimate of drug-likeness (QED) is 0.682. The first kappa shape index (κ1) is 18.9. The van der Waals surface area contributed by atoms with Gasteiger partial charge in [-0.25, -0.2) is 4.79 Å². The van der Waals surface area contributed by atoms with Crippen LogP contribution in [0, 0.1) is 13.8 Å². The van der Waals surface area contributed by atoms with Crippen molar-refractivity contribution in [3.05, 3.63) is 57.4 Å². The van der Waals surface area contributed by atoms with Crippen LogP contribution in [0.3, 0.4) is 0 Å². The highest BCUT2D eigenvalue weighted by atomic mass is 16.6. The Morgan fingerprint density at radius 2 is 1.86 bits per heavy atom. The summed E-state index contributed by atoms with van der Waals surface area (Å²) >= 11 is 0. The number of ether oxygens (including phenoxy) is 3. The number of methoxy groups -OCH3 is 1. The highest BCUT2D eigenvalue weighted by Crippen LogP contribution is 2.33. The maximum absolute atomic E-state index is 12.6. The molecule has 1 aliphatic rings. The Balaban J connectivity index is 1.63. The van der Waals surface area contributed by atoms with Crippen molar-refractivity contribution in [2.75, 3.05) is 25.6 Å². The maximum Gasteiger partial charge on any atom is 0.340 e. The average Bonchev–Trinajstić information content (AvgIpc) is 2.70. The Bertz CT molecular complexity index is 1160. The van der Waals surface area contributed by atoms with Gasteiger partial charge in [-0.05, 0) is 49.2 Å². The first-order valence-corrected chi connectivity index (χ1v) is 9.26. The van der Waals surface area contributed by atoms with Crippen LogP contribution in [0.5, 0.6) is 17.2 Å². The molecule has 1 N–H and O–H groups in total. The van der Waals surface area contributed by atoms with Crippen molar-refractivity contribution in [2.24, 2.45) is 0 Å². The second-order valence-corrected chi connectivity index (χ2v) is 6.92. The number of amides is 1. The molecule has 1 aromatic heterocycles. The zero-order chi connectivity index (χ0) is 20.5. The topological polar surface area (TPSA) is 87.0 Å². The standard InChI is InChI=1S/C22H21NO6/c1-12-8-18(26-3)21-13(2)15(22(25)29-19(21)9-12)11-20(24)23-14-4-5-16-17(10-14)28-7-6-27-16/h4-5,8-10H,6-7,11H2,1-3H3,(H,23,24). The second-order valence-electron chi connectivity index (χ2n) is 6.92. The normalized spacial score (nSPS) is 12.7. The average molecular weight is 395 g/mol. The third-order valence-corrected chi connectivity index (χ3v) is 4.87. The van der Waals surface area contributed by atoms with Crippen LogP contribution >= 0.6 is 0 Å². The molecule has 0 bridgehead atoms. The van der Waals surface area contributed by atoms with Crippen LogP contribution in [-0.4, -0.2) is 26.2 Å². The van der Waals surface area contributed by atoms with E-state index >= 15 is 0 Å². The Labute approximate surface area is 167 Å². The number of hydrogen-bond donors (Lipinski definition) is 1. The Hall–Kier alpha value is -3.48. The van der Waals surface area contributed by atoms with Gasteiger partial charge >= 0.3 is 5.63 Å².